The van der Waals surface area contributed by atoms with Gasteiger partial charge in [0.05, 0.1) is 0 Å². The third kappa shape index (κ3) is 24.6. The maximum atomic E-state index is 8.33. The molecule has 1 radical (unpaired) electrons. The van der Waals surface area contributed by atoms with Gasteiger partial charge in [0.2, 0.25) is 0 Å². The van der Waals surface area contributed by atoms with Gasteiger partial charge in [0.25, 0.3) is 0 Å². The van der Waals surface area contributed by atoms with Crippen molar-refractivity contribution in [3.05, 3.63) is 6.92 Å². The van der Waals surface area contributed by atoms with Gasteiger partial charge in [0, 0.05) is 6.61 Å². The lowest BCUT2D eigenvalue weighted by molar-refractivity contribution is 0.234. The SMILES string of the molecule is CCC(C)CO.[CH2]C(C)C. The Hall–Kier alpha value is -0.0400. The average Bonchev–Trinajstić information content (AvgIpc) is 1.85. The molecule has 0 spiro atoms. The van der Waals surface area contributed by atoms with E-state index in [1.807, 2.05) is 6.92 Å². The molecule has 0 heterocycles. The average molecular weight is 145 g/mol. The van der Waals surface area contributed by atoms with Crippen molar-refractivity contribution in [1.29, 1.82) is 0 Å². The number of hydrogen-bond acceptors (Lipinski definition) is 1. The predicted molar refractivity (Wildman–Crippen MR) is 46.7 cm³/mol. The molecule has 0 aliphatic carbocycles. The monoisotopic (exact) mass is 145 g/mol. The molecule has 0 aromatic rings. The van der Waals surface area contributed by atoms with Crippen molar-refractivity contribution in [2.45, 2.75) is 34.1 Å². The molecule has 0 saturated carbocycles. The molecule has 1 nitrogen and oxygen atoms in total. The molecule has 63 valence electrons. The molecule has 1 unspecified atom stereocenters. The normalized spacial score (nSPS) is 12.3. The zero-order valence-electron chi connectivity index (χ0n) is 7.72. The van der Waals surface area contributed by atoms with E-state index in [0.717, 1.165) is 6.42 Å². The number of hydrogen-bond donors (Lipinski definition) is 1. The molecule has 0 bridgehead atoms. The van der Waals surface area contributed by atoms with Crippen molar-refractivity contribution in [2.24, 2.45) is 11.8 Å². The third-order valence-electron chi connectivity index (χ3n) is 1.01. The summed E-state index contributed by atoms with van der Waals surface area (Å²) in [7, 11) is 0. The fourth-order valence-corrected chi connectivity index (χ4v) is 0.129. The van der Waals surface area contributed by atoms with Crippen molar-refractivity contribution in [2.75, 3.05) is 6.61 Å². The van der Waals surface area contributed by atoms with Gasteiger partial charge in [0.15, 0.2) is 0 Å². The van der Waals surface area contributed by atoms with Crippen LogP contribution in [-0.2, 0) is 0 Å². The van der Waals surface area contributed by atoms with Crippen LogP contribution in [0.25, 0.3) is 0 Å². The van der Waals surface area contributed by atoms with Crippen LogP contribution in [0.5, 0.6) is 0 Å². The quantitative estimate of drug-likeness (QED) is 0.633. The molecule has 0 amide bonds. The van der Waals surface area contributed by atoms with Gasteiger partial charge in [-0.15, -0.1) is 0 Å². The topological polar surface area (TPSA) is 20.2 Å². The second kappa shape index (κ2) is 8.96. The minimum absolute atomic E-state index is 0.330. The lowest BCUT2D eigenvalue weighted by Gasteiger charge is -1.98. The van der Waals surface area contributed by atoms with Gasteiger partial charge in [-0.1, -0.05) is 41.0 Å². The predicted octanol–water partition coefficient (Wildman–Crippen LogP) is 2.50. The van der Waals surface area contributed by atoms with E-state index in [0.29, 0.717) is 18.4 Å². The van der Waals surface area contributed by atoms with E-state index >= 15 is 0 Å². The molecular weight excluding hydrogens is 124 g/mol. The second-order valence-electron chi connectivity index (χ2n) is 3.09. The minimum atomic E-state index is 0.330. The largest absolute Gasteiger partial charge is 0.396 e. The van der Waals surface area contributed by atoms with E-state index in [4.69, 9.17) is 5.11 Å². The van der Waals surface area contributed by atoms with Gasteiger partial charge in [-0.3, -0.25) is 0 Å². The lowest BCUT2D eigenvalue weighted by atomic mass is 10.1. The Morgan fingerprint density at radius 2 is 1.60 bits per heavy atom. The van der Waals surface area contributed by atoms with E-state index in [-0.39, 0.29) is 0 Å². The van der Waals surface area contributed by atoms with Crippen molar-refractivity contribution >= 4 is 0 Å². The first-order valence-corrected chi connectivity index (χ1v) is 3.98. The number of aliphatic hydroxyl groups excluding tert-OH is 1. The third-order valence-corrected chi connectivity index (χ3v) is 1.01. The van der Waals surface area contributed by atoms with Crippen LogP contribution in [0.1, 0.15) is 34.1 Å². The van der Waals surface area contributed by atoms with Crippen molar-refractivity contribution in [1.82, 2.24) is 0 Å². The van der Waals surface area contributed by atoms with Crippen molar-refractivity contribution in [3.63, 3.8) is 0 Å². The van der Waals surface area contributed by atoms with Crippen LogP contribution in [-0.4, -0.2) is 11.7 Å². The highest BCUT2D eigenvalue weighted by atomic mass is 16.3. The molecule has 0 aliphatic heterocycles. The number of rotatable bonds is 2. The molecular formula is C9H21O. The van der Waals surface area contributed by atoms with Gasteiger partial charge in [-0.05, 0) is 11.8 Å². The molecule has 1 N–H and O–H groups in total. The second-order valence-corrected chi connectivity index (χ2v) is 3.09. The van der Waals surface area contributed by atoms with Gasteiger partial charge >= 0.3 is 0 Å². The molecule has 1 heteroatoms. The van der Waals surface area contributed by atoms with Crippen LogP contribution in [0.2, 0.25) is 0 Å². The van der Waals surface area contributed by atoms with Gasteiger partial charge in [0.1, 0.15) is 0 Å². The van der Waals surface area contributed by atoms with Gasteiger partial charge in [-0.2, -0.15) is 0 Å². The maximum absolute atomic E-state index is 8.33. The highest BCUT2D eigenvalue weighted by Gasteiger charge is 1.90. The zero-order chi connectivity index (χ0) is 8.57. The van der Waals surface area contributed by atoms with E-state index in [2.05, 4.69) is 27.7 Å². The van der Waals surface area contributed by atoms with Gasteiger partial charge in [-0.25, -0.2) is 0 Å². The van der Waals surface area contributed by atoms with E-state index < -0.39 is 0 Å². The Balaban J connectivity index is 0. The first-order valence-electron chi connectivity index (χ1n) is 3.98. The van der Waals surface area contributed by atoms with Crippen LogP contribution in [0.3, 0.4) is 0 Å². The van der Waals surface area contributed by atoms with Crippen LogP contribution >= 0.6 is 0 Å². The first-order chi connectivity index (χ1) is 4.54. The van der Waals surface area contributed by atoms with Crippen molar-refractivity contribution in [3.8, 4) is 0 Å². The Bertz CT molecular complexity index is 43.9. The summed E-state index contributed by atoms with van der Waals surface area (Å²) in [6, 6.07) is 0. The Morgan fingerprint density at radius 1 is 1.30 bits per heavy atom. The van der Waals surface area contributed by atoms with Crippen LogP contribution in [0.4, 0.5) is 0 Å². The Kier molecular flexibility index (Phi) is 11.3. The molecule has 10 heavy (non-hydrogen) atoms. The molecule has 0 aromatic carbocycles. The summed E-state index contributed by atoms with van der Waals surface area (Å²) in [5, 5.41) is 8.33. The highest BCUT2D eigenvalue weighted by Crippen LogP contribution is 1.95. The molecule has 1 atom stereocenters. The molecule has 0 aromatic heterocycles. The fraction of sp³-hybridized carbons (Fsp3) is 0.889. The Morgan fingerprint density at radius 3 is 1.60 bits per heavy atom. The summed E-state index contributed by atoms with van der Waals surface area (Å²) >= 11 is 0. The zero-order valence-corrected chi connectivity index (χ0v) is 7.72. The lowest BCUT2D eigenvalue weighted by Crippen LogP contribution is -1.96. The summed E-state index contributed by atoms with van der Waals surface area (Å²) < 4.78 is 0. The molecule has 0 fully saturated rings. The Labute approximate surface area is 65.5 Å². The molecule has 0 saturated heterocycles. The van der Waals surface area contributed by atoms with E-state index in [1.54, 1.807) is 0 Å². The summed E-state index contributed by atoms with van der Waals surface area (Å²) in [4.78, 5) is 0. The summed E-state index contributed by atoms with van der Waals surface area (Å²) in [5.41, 5.74) is 0. The van der Waals surface area contributed by atoms with E-state index in [1.165, 1.54) is 0 Å². The van der Waals surface area contributed by atoms with Crippen LogP contribution in [0, 0.1) is 18.8 Å². The highest BCUT2D eigenvalue weighted by molar-refractivity contribution is 4.41. The summed E-state index contributed by atoms with van der Waals surface area (Å²) in [6.07, 6.45) is 1.08. The molecule has 0 rings (SSSR count). The first kappa shape index (κ1) is 12.6. The summed E-state index contributed by atoms with van der Waals surface area (Å²) in [5.74, 6) is 1.07. The summed E-state index contributed by atoms with van der Waals surface area (Å²) in [6.45, 7) is 12.2. The standard InChI is InChI=1S/C5H12O.C4H9/c1-3-5(2)4-6;1-4(2)3/h5-6H,3-4H2,1-2H3;4H,1H2,2-3H3. The number of aliphatic hydroxyl groups is 1. The fourth-order valence-electron chi connectivity index (χ4n) is 0.129. The smallest absolute Gasteiger partial charge is 0.0456 e. The van der Waals surface area contributed by atoms with Crippen LogP contribution < -0.4 is 0 Å². The maximum Gasteiger partial charge on any atom is 0.0456 e. The van der Waals surface area contributed by atoms with Crippen molar-refractivity contribution < 1.29 is 5.11 Å². The minimum Gasteiger partial charge on any atom is -0.396 e. The molecule has 0 aliphatic rings. The van der Waals surface area contributed by atoms with Crippen LogP contribution in [0.15, 0.2) is 0 Å². The van der Waals surface area contributed by atoms with Gasteiger partial charge < -0.3 is 5.11 Å². The van der Waals surface area contributed by atoms with E-state index in [9.17, 15) is 0 Å².